The summed E-state index contributed by atoms with van der Waals surface area (Å²) in [6.45, 7) is 8.92. The molecule has 0 aliphatic heterocycles. The van der Waals surface area contributed by atoms with Crippen molar-refractivity contribution in [2.75, 3.05) is 13.2 Å². The summed E-state index contributed by atoms with van der Waals surface area (Å²) >= 11 is 0. The molecule has 0 aliphatic carbocycles. The third kappa shape index (κ3) is 4.94. The molecule has 0 unspecified atom stereocenters. The van der Waals surface area contributed by atoms with Crippen LogP contribution in [0.4, 0.5) is 0 Å². The van der Waals surface area contributed by atoms with Gasteiger partial charge in [-0.15, -0.1) is 0 Å². The lowest BCUT2D eigenvalue weighted by molar-refractivity contribution is 0.303. The highest BCUT2D eigenvalue weighted by Crippen LogP contribution is 2.27. The molecule has 0 atom stereocenters. The van der Waals surface area contributed by atoms with Gasteiger partial charge in [0.25, 0.3) is 0 Å². The van der Waals surface area contributed by atoms with Crippen molar-refractivity contribution in [1.29, 1.82) is 0 Å². The fourth-order valence-electron chi connectivity index (χ4n) is 2.25. The standard InChI is InChI=1S/C18H25NO2/c1-14(2)17-8-7-15(3)12-18(17)21-11-5-9-19-13-16-6-4-10-20-16/h4,6-8,10,12,14,19H,5,9,11,13H2,1-3H3. The van der Waals surface area contributed by atoms with Crippen molar-refractivity contribution in [3.8, 4) is 5.75 Å². The van der Waals surface area contributed by atoms with E-state index in [0.717, 1.165) is 37.6 Å². The van der Waals surface area contributed by atoms with Crippen molar-refractivity contribution in [1.82, 2.24) is 5.32 Å². The van der Waals surface area contributed by atoms with Crippen LogP contribution in [-0.4, -0.2) is 13.2 Å². The zero-order valence-corrected chi connectivity index (χ0v) is 13.2. The van der Waals surface area contributed by atoms with Crippen molar-refractivity contribution in [3.05, 3.63) is 53.5 Å². The van der Waals surface area contributed by atoms with E-state index in [2.05, 4.69) is 44.3 Å². The SMILES string of the molecule is Cc1ccc(C(C)C)c(OCCCNCc2ccco2)c1. The van der Waals surface area contributed by atoms with Crippen molar-refractivity contribution < 1.29 is 9.15 Å². The molecule has 0 saturated carbocycles. The molecule has 0 radical (unpaired) electrons. The van der Waals surface area contributed by atoms with Crippen molar-refractivity contribution in [3.63, 3.8) is 0 Å². The Balaban J connectivity index is 1.72. The summed E-state index contributed by atoms with van der Waals surface area (Å²) in [6, 6.07) is 10.3. The lowest BCUT2D eigenvalue weighted by Crippen LogP contribution is -2.16. The van der Waals surface area contributed by atoms with Crippen LogP contribution in [0.3, 0.4) is 0 Å². The third-order valence-electron chi connectivity index (χ3n) is 3.43. The number of ether oxygens (including phenoxy) is 1. The van der Waals surface area contributed by atoms with E-state index in [1.807, 2.05) is 12.1 Å². The fraction of sp³-hybridized carbons (Fsp3) is 0.444. The maximum atomic E-state index is 5.95. The summed E-state index contributed by atoms with van der Waals surface area (Å²) in [7, 11) is 0. The van der Waals surface area contributed by atoms with Crippen LogP contribution in [0.2, 0.25) is 0 Å². The molecular weight excluding hydrogens is 262 g/mol. The minimum Gasteiger partial charge on any atom is -0.493 e. The van der Waals surface area contributed by atoms with Crippen LogP contribution >= 0.6 is 0 Å². The first-order valence-corrected chi connectivity index (χ1v) is 7.63. The zero-order chi connectivity index (χ0) is 15.1. The van der Waals surface area contributed by atoms with E-state index in [0.29, 0.717) is 5.92 Å². The second-order valence-corrected chi connectivity index (χ2v) is 5.65. The minimum absolute atomic E-state index is 0.484. The molecule has 0 saturated heterocycles. The van der Waals surface area contributed by atoms with Crippen molar-refractivity contribution >= 4 is 0 Å². The highest BCUT2D eigenvalue weighted by atomic mass is 16.5. The molecule has 1 N–H and O–H groups in total. The van der Waals surface area contributed by atoms with Crippen LogP contribution in [0.1, 0.15) is 43.1 Å². The number of nitrogens with one attached hydrogen (secondary N) is 1. The zero-order valence-electron chi connectivity index (χ0n) is 13.2. The summed E-state index contributed by atoms with van der Waals surface area (Å²) in [5, 5.41) is 3.35. The van der Waals surface area contributed by atoms with Gasteiger partial charge in [0.15, 0.2) is 0 Å². The van der Waals surface area contributed by atoms with E-state index in [-0.39, 0.29) is 0 Å². The Hall–Kier alpha value is -1.74. The number of benzene rings is 1. The van der Waals surface area contributed by atoms with Gasteiger partial charge >= 0.3 is 0 Å². The first kappa shape index (κ1) is 15.6. The molecular formula is C18H25NO2. The van der Waals surface area contributed by atoms with E-state index in [4.69, 9.17) is 9.15 Å². The summed E-state index contributed by atoms with van der Waals surface area (Å²) in [5.41, 5.74) is 2.52. The number of hydrogen-bond donors (Lipinski definition) is 1. The quantitative estimate of drug-likeness (QED) is 0.736. The molecule has 3 nitrogen and oxygen atoms in total. The average Bonchev–Trinajstić information content (AvgIpc) is 2.95. The molecule has 1 heterocycles. The van der Waals surface area contributed by atoms with Crippen molar-refractivity contribution in [2.24, 2.45) is 0 Å². The lowest BCUT2D eigenvalue weighted by Gasteiger charge is -2.15. The predicted molar refractivity (Wildman–Crippen MR) is 85.8 cm³/mol. The molecule has 1 aromatic heterocycles. The highest BCUT2D eigenvalue weighted by molar-refractivity contribution is 5.39. The van der Waals surface area contributed by atoms with Crippen LogP contribution in [0.25, 0.3) is 0 Å². The highest BCUT2D eigenvalue weighted by Gasteiger charge is 2.07. The normalized spacial score (nSPS) is 11.0. The van der Waals surface area contributed by atoms with E-state index >= 15 is 0 Å². The Bertz CT molecular complexity index is 532. The smallest absolute Gasteiger partial charge is 0.122 e. The van der Waals surface area contributed by atoms with Gasteiger partial charge in [0.1, 0.15) is 11.5 Å². The van der Waals surface area contributed by atoms with Gasteiger partial charge in [0.2, 0.25) is 0 Å². The van der Waals surface area contributed by atoms with Crippen LogP contribution in [0, 0.1) is 6.92 Å². The van der Waals surface area contributed by atoms with Gasteiger partial charge in [-0.3, -0.25) is 0 Å². The Morgan fingerprint density at radius 2 is 2.10 bits per heavy atom. The molecule has 21 heavy (non-hydrogen) atoms. The van der Waals surface area contributed by atoms with Gasteiger partial charge in [-0.05, 0) is 55.1 Å². The van der Waals surface area contributed by atoms with Gasteiger partial charge in [-0.2, -0.15) is 0 Å². The molecule has 1 aromatic carbocycles. The minimum atomic E-state index is 0.484. The lowest BCUT2D eigenvalue weighted by atomic mass is 10.0. The Morgan fingerprint density at radius 3 is 2.81 bits per heavy atom. The topological polar surface area (TPSA) is 34.4 Å². The first-order chi connectivity index (χ1) is 10.2. The summed E-state index contributed by atoms with van der Waals surface area (Å²) in [6.07, 6.45) is 2.68. The summed E-state index contributed by atoms with van der Waals surface area (Å²) < 4.78 is 11.2. The fourth-order valence-corrected chi connectivity index (χ4v) is 2.25. The van der Waals surface area contributed by atoms with E-state index in [1.54, 1.807) is 6.26 Å². The van der Waals surface area contributed by atoms with E-state index in [1.165, 1.54) is 11.1 Å². The second-order valence-electron chi connectivity index (χ2n) is 5.65. The molecule has 114 valence electrons. The molecule has 0 aliphatic rings. The maximum absolute atomic E-state index is 5.95. The Labute approximate surface area is 127 Å². The molecule has 0 spiro atoms. The van der Waals surface area contributed by atoms with Gasteiger partial charge in [0, 0.05) is 0 Å². The number of rotatable bonds is 8. The third-order valence-corrected chi connectivity index (χ3v) is 3.43. The van der Waals surface area contributed by atoms with E-state index < -0.39 is 0 Å². The average molecular weight is 287 g/mol. The number of aryl methyl sites for hydroxylation is 1. The van der Waals surface area contributed by atoms with Gasteiger partial charge < -0.3 is 14.5 Å². The van der Waals surface area contributed by atoms with Crippen LogP contribution in [-0.2, 0) is 6.54 Å². The molecule has 3 heteroatoms. The maximum Gasteiger partial charge on any atom is 0.122 e. The Morgan fingerprint density at radius 1 is 1.24 bits per heavy atom. The first-order valence-electron chi connectivity index (χ1n) is 7.63. The van der Waals surface area contributed by atoms with Gasteiger partial charge in [0.05, 0.1) is 19.4 Å². The molecule has 0 bridgehead atoms. The molecule has 0 amide bonds. The van der Waals surface area contributed by atoms with Crippen LogP contribution < -0.4 is 10.1 Å². The monoisotopic (exact) mass is 287 g/mol. The largest absolute Gasteiger partial charge is 0.493 e. The van der Waals surface area contributed by atoms with E-state index in [9.17, 15) is 0 Å². The predicted octanol–water partition coefficient (Wildman–Crippen LogP) is 4.27. The molecule has 2 aromatic rings. The molecule has 0 fully saturated rings. The van der Waals surface area contributed by atoms with Crippen LogP contribution in [0.5, 0.6) is 5.75 Å². The van der Waals surface area contributed by atoms with Gasteiger partial charge in [-0.25, -0.2) is 0 Å². The van der Waals surface area contributed by atoms with Crippen LogP contribution in [0.15, 0.2) is 41.0 Å². The Kier molecular flexibility index (Phi) is 5.88. The number of furan rings is 1. The second kappa shape index (κ2) is 7.89. The van der Waals surface area contributed by atoms with Crippen molar-refractivity contribution in [2.45, 2.75) is 39.7 Å². The summed E-state index contributed by atoms with van der Waals surface area (Å²) in [4.78, 5) is 0. The summed E-state index contributed by atoms with van der Waals surface area (Å²) in [5.74, 6) is 2.48. The number of hydrogen-bond acceptors (Lipinski definition) is 3. The van der Waals surface area contributed by atoms with Gasteiger partial charge in [-0.1, -0.05) is 26.0 Å². The molecule has 2 rings (SSSR count).